The summed E-state index contributed by atoms with van der Waals surface area (Å²) in [6.07, 6.45) is 3.88. The number of rotatable bonds is 5. The van der Waals surface area contributed by atoms with Crippen LogP contribution in [-0.2, 0) is 32.0 Å². The predicted molar refractivity (Wildman–Crippen MR) is 43.6 cm³/mol. The van der Waals surface area contributed by atoms with E-state index in [9.17, 15) is 4.79 Å². The van der Waals surface area contributed by atoms with Gasteiger partial charge in [0.1, 0.15) is 0 Å². The average Bonchev–Trinajstić information content (AvgIpc) is 2.05. The van der Waals surface area contributed by atoms with Gasteiger partial charge in [0, 0.05) is 22.4 Å². The van der Waals surface area contributed by atoms with E-state index in [1.165, 1.54) is 0 Å². The smallest absolute Gasteiger partial charge is 0.327 e. The van der Waals surface area contributed by atoms with Crippen molar-refractivity contribution >= 4 is 5.97 Å². The fourth-order valence-corrected chi connectivity index (χ4v) is 1.04. The molecule has 2 N–H and O–H groups in total. The molecule has 0 bridgehead atoms. The van der Waals surface area contributed by atoms with Crippen molar-refractivity contribution in [1.82, 2.24) is 0 Å². The third-order valence-corrected chi connectivity index (χ3v) is 1.85. The van der Waals surface area contributed by atoms with Gasteiger partial charge in [-0.2, -0.15) is 5.90 Å². The molecular formula is C8H17AuNO2. The van der Waals surface area contributed by atoms with Crippen molar-refractivity contribution in [3.8, 4) is 0 Å². The van der Waals surface area contributed by atoms with Crippen LogP contribution in [0.15, 0.2) is 0 Å². The van der Waals surface area contributed by atoms with Gasteiger partial charge in [-0.25, -0.2) is 0 Å². The topological polar surface area (TPSA) is 52.3 Å². The summed E-state index contributed by atoms with van der Waals surface area (Å²) in [6.45, 7) is 4.07. The van der Waals surface area contributed by atoms with Crippen molar-refractivity contribution in [2.24, 2.45) is 11.8 Å². The van der Waals surface area contributed by atoms with Crippen LogP contribution in [0.3, 0.4) is 0 Å². The molecular weight excluding hydrogens is 339 g/mol. The van der Waals surface area contributed by atoms with Crippen LogP contribution in [-0.4, -0.2) is 5.97 Å². The van der Waals surface area contributed by atoms with Crippen LogP contribution >= 0.6 is 0 Å². The summed E-state index contributed by atoms with van der Waals surface area (Å²) in [5, 5.41) is 0. The number of hydrogen-bond donors (Lipinski definition) is 1. The second-order valence-corrected chi connectivity index (χ2v) is 2.68. The van der Waals surface area contributed by atoms with Crippen LogP contribution in [0.1, 0.15) is 39.5 Å². The summed E-state index contributed by atoms with van der Waals surface area (Å²) in [5.74, 6) is 4.49. The number of hydrogen-bond acceptors (Lipinski definition) is 3. The van der Waals surface area contributed by atoms with Crippen molar-refractivity contribution in [1.29, 1.82) is 0 Å². The van der Waals surface area contributed by atoms with E-state index in [1.54, 1.807) is 0 Å². The van der Waals surface area contributed by atoms with E-state index in [0.717, 1.165) is 25.7 Å². The van der Waals surface area contributed by atoms with Crippen molar-refractivity contribution in [3.63, 3.8) is 0 Å². The molecule has 3 nitrogen and oxygen atoms in total. The Morgan fingerprint density at radius 2 is 2.08 bits per heavy atom. The van der Waals surface area contributed by atoms with E-state index in [1.807, 2.05) is 6.92 Å². The van der Waals surface area contributed by atoms with E-state index in [2.05, 4.69) is 11.8 Å². The quantitative estimate of drug-likeness (QED) is 0.602. The molecule has 0 spiro atoms. The fraction of sp³-hybridized carbons (Fsp3) is 0.875. The first kappa shape index (κ1) is 14.7. The van der Waals surface area contributed by atoms with Crippen LogP contribution in [0.2, 0.25) is 0 Å². The molecule has 0 aliphatic carbocycles. The minimum Gasteiger partial charge on any atom is -0.373 e. The summed E-state index contributed by atoms with van der Waals surface area (Å²) in [7, 11) is 0. The summed E-state index contributed by atoms with van der Waals surface area (Å²) >= 11 is 0. The zero-order valence-corrected chi connectivity index (χ0v) is 9.77. The van der Waals surface area contributed by atoms with Crippen LogP contribution in [0.5, 0.6) is 0 Å². The van der Waals surface area contributed by atoms with Gasteiger partial charge in [-0.1, -0.05) is 26.7 Å². The minimum atomic E-state index is -0.277. The maximum Gasteiger partial charge on any atom is 0.327 e. The molecule has 0 aromatic carbocycles. The van der Waals surface area contributed by atoms with Gasteiger partial charge in [-0.3, -0.25) is 4.79 Å². The number of carbonyl (C=O) groups excluding carboxylic acids is 1. The molecule has 12 heavy (non-hydrogen) atoms. The molecule has 0 fully saturated rings. The van der Waals surface area contributed by atoms with Crippen LogP contribution < -0.4 is 5.90 Å². The molecule has 1 unspecified atom stereocenters. The molecule has 0 aliphatic heterocycles. The summed E-state index contributed by atoms with van der Waals surface area (Å²) in [5.41, 5.74) is 0. The van der Waals surface area contributed by atoms with Crippen LogP contribution in [0.4, 0.5) is 0 Å². The molecule has 0 aromatic rings. The molecule has 0 saturated carbocycles. The second-order valence-electron chi connectivity index (χ2n) is 2.68. The number of carbonyl (C=O) groups is 1. The number of nitrogens with two attached hydrogens (primary N) is 1. The summed E-state index contributed by atoms with van der Waals surface area (Å²) in [6, 6.07) is 0. The standard InChI is InChI=1S/C8H17NO2.Au/c1-3-5-6-7(4-2)8(10)11-9;/h7H,3-6,9H2,1-2H3;. The molecule has 0 aliphatic rings. The van der Waals surface area contributed by atoms with Gasteiger partial charge in [-0.15, -0.1) is 0 Å². The van der Waals surface area contributed by atoms with Crippen molar-refractivity contribution < 1.29 is 32.0 Å². The largest absolute Gasteiger partial charge is 0.373 e. The average molecular weight is 356 g/mol. The molecule has 0 rings (SSSR count). The van der Waals surface area contributed by atoms with Gasteiger partial charge < -0.3 is 4.84 Å². The van der Waals surface area contributed by atoms with Crippen molar-refractivity contribution in [3.05, 3.63) is 0 Å². The molecule has 1 radical (unpaired) electrons. The molecule has 0 amide bonds. The van der Waals surface area contributed by atoms with E-state index in [0.29, 0.717) is 0 Å². The summed E-state index contributed by atoms with van der Waals surface area (Å²) in [4.78, 5) is 15.1. The van der Waals surface area contributed by atoms with Gasteiger partial charge in [-0.05, 0) is 12.8 Å². The van der Waals surface area contributed by atoms with Crippen LogP contribution in [0.25, 0.3) is 0 Å². The van der Waals surface area contributed by atoms with Gasteiger partial charge >= 0.3 is 5.97 Å². The molecule has 77 valence electrons. The van der Waals surface area contributed by atoms with Gasteiger partial charge in [0.15, 0.2) is 0 Å². The Labute approximate surface area is 89.5 Å². The normalized spacial score (nSPS) is 11.6. The summed E-state index contributed by atoms with van der Waals surface area (Å²) < 4.78 is 0. The SMILES string of the molecule is CCCCC(CC)C(=O)ON.[Au]. The Morgan fingerprint density at radius 3 is 2.42 bits per heavy atom. The van der Waals surface area contributed by atoms with Crippen molar-refractivity contribution in [2.45, 2.75) is 39.5 Å². The zero-order valence-electron chi connectivity index (χ0n) is 7.60. The third kappa shape index (κ3) is 5.77. The molecule has 1 atom stereocenters. The zero-order chi connectivity index (χ0) is 8.69. The monoisotopic (exact) mass is 356 g/mol. The Balaban J connectivity index is 0. The first-order chi connectivity index (χ1) is 5.26. The number of unbranched alkanes of at least 4 members (excludes halogenated alkanes) is 1. The Hall–Kier alpha value is 0.170. The van der Waals surface area contributed by atoms with Crippen LogP contribution in [0, 0.1) is 5.92 Å². The Kier molecular flexibility index (Phi) is 11.3. The predicted octanol–water partition coefficient (Wildman–Crippen LogP) is 1.62. The van der Waals surface area contributed by atoms with Gasteiger partial charge in [0.2, 0.25) is 0 Å². The van der Waals surface area contributed by atoms with E-state index in [-0.39, 0.29) is 34.3 Å². The van der Waals surface area contributed by atoms with E-state index >= 15 is 0 Å². The maximum atomic E-state index is 10.9. The third-order valence-electron chi connectivity index (χ3n) is 1.85. The molecule has 0 aromatic heterocycles. The minimum absolute atomic E-state index is 0. The molecule has 0 heterocycles. The Morgan fingerprint density at radius 1 is 1.50 bits per heavy atom. The van der Waals surface area contributed by atoms with Gasteiger partial charge in [0.05, 0.1) is 5.92 Å². The van der Waals surface area contributed by atoms with Crippen molar-refractivity contribution in [2.75, 3.05) is 0 Å². The maximum absolute atomic E-state index is 10.9. The van der Waals surface area contributed by atoms with E-state index < -0.39 is 0 Å². The second kappa shape index (κ2) is 9.26. The van der Waals surface area contributed by atoms with E-state index in [4.69, 9.17) is 5.90 Å². The first-order valence-corrected chi connectivity index (χ1v) is 4.16. The molecule has 0 saturated heterocycles. The fourth-order valence-electron chi connectivity index (χ4n) is 1.04. The Bertz CT molecular complexity index is 120. The first-order valence-electron chi connectivity index (χ1n) is 4.16. The molecule has 4 heteroatoms. The van der Waals surface area contributed by atoms with Gasteiger partial charge in [0.25, 0.3) is 0 Å².